The molecule has 0 bridgehead atoms. The Labute approximate surface area is 179 Å². The highest BCUT2D eigenvalue weighted by Gasteiger charge is 2.21. The van der Waals surface area contributed by atoms with Crippen LogP contribution in [0.15, 0.2) is 52.2 Å². The number of benzene rings is 2. The Morgan fingerprint density at radius 2 is 1.87 bits per heavy atom. The number of sulfonamides is 1. The van der Waals surface area contributed by atoms with Gasteiger partial charge in [0, 0.05) is 19.8 Å². The van der Waals surface area contributed by atoms with E-state index >= 15 is 0 Å². The van der Waals surface area contributed by atoms with Crippen molar-refractivity contribution in [2.24, 2.45) is 5.92 Å². The first-order valence-corrected chi connectivity index (χ1v) is 11.6. The van der Waals surface area contributed by atoms with Crippen molar-refractivity contribution in [1.82, 2.24) is 15.3 Å². The molecule has 0 radical (unpaired) electrons. The predicted octanol–water partition coefficient (Wildman–Crippen LogP) is 2.20. The van der Waals surface area contributed by atoms with Crippen LogP contribution in [0.25, 0.3) is 11.0 Å². The summed E-state index contributed by atoms with van der Waals surface area (Å²) in [4.78, 5) is 29.1. The van der Waals surface area contributed by atoms with Crippen LogP contribution >= 0.6 is 0 Å². The Morgan fingerprint density at radius 1 is 1.10 bits per heavy atom. The largest absolute Gasteiger partial charge is 0.381 e. The zero-order chi connectivity index (χ0) is 21.8. The first-order valence-electron chi connectivity index (χ1n) is 10.1. The molecule has 0 saturated heterocycles. The van der Waals surface area contributed by atoms with E-state index in [0.29, 0.717) is 36.5 Å². The molecule has 0 unspecified atom stereocenters. The van der Waals surface area contributed by atoms with E-state index in [9.17, 15) is 18.0 Å². The van der Waals surface area contributed by atoms with Gasteiger partial charge in [-0.15, -0.1) is 0 Å². The summed E-state index contributed by atoms with van der Waals surface area (Å²) in [6.45, 7) is 1.79. The van der Waals surface area contributed by atoms with Crippen molar-refractivity contribution in [1.29, 1.82) is 0 Å². The third kappa shape index (κ3) is 5.33. The fourth-order valence-corrected chi connectivity index (χ4v) is 4.26. The second-order valence-corrected chi connectivity index (χ2v) is 9.25. The minimum atomic E-state index is -3.97. The normalized spacial score (nSPS) is 13.9. The van der Waals surface area contributed by atoms with Gasteiger partial charge in [0.2, 0.25) is 0 Å². The molecule has 1 heterocycles. The number of aromatic amines is 2. The lowest BCUT2D eigenvalue weighted by Gasteiger charge is -2.13. The first-order chi connectivity index (χ1) is 14.9. The molecule has 1 amide bonds. The van der Waals surface area contributed by atoms with Crippen LogP contribution in [-0.4, -0.2) is 44.1 Å². The van der Waals surface area contributed by atoms with E-state index in [0.717, 1.165) is 6.61 Å². The van der Waals surface area contributed by atoms with Crippen LogP contribution in [0.4, 0.5) is 5.69 Å². The lowest BCUT2D eigenvalue weighted by molar-refractivity contribution is 0.0938. The second kappa shape index (κ2) is 8.94. The van der Waals surface area contributed by atoms with Crippen LogP contribution < -0.4 is 15.7 Å². The van der Waals surface area contributed by atoms with E-state index in [-0.39, 0.29) is 22.1 Å². The third-order valence-electron chi connectivity index (χ3n) is 5.02. The average molecular weight is 445 g/mol. The highest BCUT2D eigenvalue weighted by Crippen LogP contribution is 2.28. The average Bonchev–Trinajstić information content (AvgIpc) is 3.48. The summed E-state index contributed by atoms with van der Waals surface area (Å²) in [5.74, 6) is 0.332. The van der Waals surface area contributed by atoms with Gasteiger partial charge >= 0.3 is 5.69 Å². The van der Waals surface area contributed by atoms with Crippen molar-refractivity contribution in [3.05, 3.63) is 58.5 Å². The smallest absolute Gasteiger partial charge is 0.323 e. The quantitative estimate of drug-likeness (QED) is 0.356. The Hall–Kier alpha value is -3.11. The van der Waals surface area contributed by atoms with Gasteiger partial charge in [-0.2, -0.15) is 0 Å². The minimum absolute atomic E-state index is 0.0294. The van der Waals surface area contributed by atoms with Crippen LogP contribution in [0.2, 0.25) is 0 Å². The van der Waals surface area contributed by atoms with Gasteiger partial charge in [-0.1, -0.05) is 12.1 Å². The van der Waals surface area contributed by atoms with Crippen LogP contribution in [0.1, 0.15) is 29.6 Å². The van der Waals surface area contributed by atoms with E-state index in [1.807, 2.05) is 0 Å². The molecule has 9 nitrogen and oxygen atoms in total. The molecule has 1 saturated carbocycles. The van der Waals surface area contributed by atoms with Crippen molar-refractivity contribution in [2.75, 3.05) is 24.5 Å². The summed E-state index contributed by atoms with van der Waals surface area (Å²) in [5.41, 5.74) is 0.860. The Kier molecular flexibility index (Phi) is 6.10. The fourth-order valence-electron chi connectivity index (χ4n) is 3.16. The number of fused-ring (bicyclic) bond motifs is 1. The zero-order valence-electron chi connectivity index (χ0n) is 16.8. The molecular weight excluding hydrogens is 420 g/mol. The molecule has 1 fully saturated rings. The van der Waals surface area contributed by atoms with Crippen molar-refractivity contribution >= 4 is 32.7 Å². The van der Waals surface area contributed by atoms with Gasteiger partial charge in [0.1, 0.15) is 0 Å². The number of carbonyl (C=O) groups excluding carboxylic acids is 1. The number of para-hydroxylation sites is 1. The molecule has 10 heteroatoms. The molecule has 1 aromatic heterocycles. The van der Waals surface area contributed by atoms with Gasteiger partial charge in [-0.3, -0.25) is 9.52 Å². The lowest BCUT2D eigenvalue weighted by Crippen LogP contribution is -2.27. The van der Waals surface area contributed by atoms with Crippen LogP contribution in [0.3, 0.4) is 0 Å². The van der Waals surface area contributed by atoms with E-state index in [1.165, 1.54) is 37.1 Å². The fraction of sp³-hybridized carbons (Fsp3) is 0.333. The number of anilines is 1. The molecule has 164 valence electrons. The Morgan fingerprint density at radius 3 is 2.68 bits per heavy atom. The Balaban J connectivity index is 1.41. The molecule has 1 aliphatic rings. The van der Waals surface area contributed by atoms with Crippen LogP contribution in [0.5, 0.6) is 0 Å². The molecule has 4 rings (SSSR count). The van der Waals surface area contributed by atoms with E-state index in [4.69, 9.17) is 4.74 Å². The number of ether oxygens (including phenoxy) is 1. The van der Waals surface area contributed by atoms with Gasteiger partial charge in [0.05, 0.1) is 27.2 Å². The number of imidazole rings is 1. The summed E-state index contributed by atoms with van der Waals surface area (Å²) in [6.07, 6.45) is 3.15. The molecule has 0 atom stereocenters. The summed E-state index contributed by atoms with van der Waals surface area (Å²) < 4.78 is 33.7. The highest BCUT2D eigenvalue weighted by atomic mass is 32.2. The number of amides is 1. The summed E-state index contributed by atoms with van der Waals surface area (Å²) in [5, 5.41) is 2.80. The molecule has 4 N–H and O–H groups in total. The Bertz CT molecular complexity index is 1240. The predicted molar refractivity (Wildman–Crippen MR) is 117 cm³/mol. The lowest BCUT2D eigenvalue weighted by atomic mass is 10.1. The highest BCUT2D eigenvalue weighted by molar-refractivity contribution is 7.92. The SMILES string of the molecule is O=C(NCCCOCC1CC1)c1ccccc1NS(=O)(=O)c1ccc2[nH]c(=O)[nH]c2c1. The van der Waals surface area contributed by atoms with Crippen LogP contribution in [-0.2, 0) is 14.8 Å². The topological polar surface area (TPSA) is 133 Å². The number of rotatable bonds is 10. The molecular formula is C21H24N4O5S. The van der Waals surface area contributed by atoms with E-state index in [1.54, 1.807) is 18.2 Å². The maximum atomic E-state index is 12.9. The number of aromatic nitrogens is 2. The number of carbonyl (C=O) groups is 1. The molecule has 0 spiro atoms. The number of nitrogens with one attached hydrogen (secondary N) is 4. The van der Waals surface area contributed by atoms with Crippen molar-refractivity contribution < 1.29 is 17.9 Å². The van der Waals surface area contributed by atoms with E-state index < -0.39 is 15.7 Å². The molecule has 1 aliphatic carbocycles. The number of H-pyrrole nitrogens is 2. The summed E-state index contributed by atoms with van der Waals surface area (Å²) in [7, 11) is -3.97. The van der Waals surface area contributed by atoms with E-state index in [2.05, 4.69) is 20.0 Å². The summed E-state index contributed by atoms with van der Waals surface area (Å²) >= 11 is 0. The van der Waals surface area contributed by atoms with Gasteiger partial charge in [-0.05, 0) is 55.5 Å². The standard InChI is InChI=1S/C21H24N4O5S/c26-20(22-10-3-11-30-13-14-6-7-14)16-4-1-2-5-17(16)25-31(28,29)15-8-9-18-19(12-15)24-21(27)23-18/h1-2,4-5,8-9,12,14,25H,3,6-7,10-11,13H2,(H,22,26)(H2,23,24,27). The molecule has 2 aromatic carbocycles. The van der Waals surface area contributed by atoms with Crippen molar-refractivity contribution in [3.8, 4) is 0 Å². The van der Waals surface area contributed by atoms with Crippen molar-refractivity contribution in [3.63, 3.8) is 0 Å². The van der Waals surface area contributed by atoms with Gasteiger partial charge in [0.15, 0.2) is 0 Å². The zero-order valence-corrected chi connectivity index (χ0v) is 17.6. The number of hydrogen-bond donors (Lipinski definition) is 4. The maximum Gasteiger partial charge on any atom is 0.323 e. The first kappa shape index (κ1) is 21.1. The second-order valence-electron chi connectivity index (χ2n) is 7.57. The third-order valence-corrected chi connectivity index (χ3v) is 6.38. The van der Waals surface area contributed by atoms with Gasteiger partial charge in [-0.25, -0.2) is 13.2 Å². The monoisotopic (exact) mass is 444 g/mol. The number of hydrogen-bond acceptors (Lipinski definition) is 5. The minimum Gasteiger partial charge on any atom is -0.381 e. The van der Waals surface area contributed by atoms with Crippen LogP contribution in [0, 0.1) is 5.92 Å². The summed E-state index contributed by atoms with van der Waals surface area (Å²) in [6, 6.07) is 10.7. The molecule has 31 heavy (non-hydrogen) atoms. The van der Waals surface area contributed by atoms with Gasteiger partial charge < -0.3 is 20.0 Å². The van der Waals surface area contributed by atoms with Gasteiger partial charge in [0.25, 0.3) is 15.9 Å². The maximum absolute atomic E-state index is 12.9. The molecule has 0 aliphatic heterocycles. The van der Waals surface area contributed by atoms with Crippen molar-refractivity contribution in [2.45, 2.75) is 24.2 Å². The molecule has 3 aromatic rings.